The van der Waals surface area contributed by atoms with E-state index in [-0.39, 0.29) is 5.41 Å². The highest BCUT2D eigenvalue weighted by atomic mass is 79.9. The predicted molar refractivity (Wildman–Crippen MR) is 68.2 cm³/mol. The molecule has 0 fully saturated rings. The number of hydrogen-bond donors (Lipinski definition) is 1. The van der Waals surface area contributed by atoms with E-state index in [0.29, 0.717) is 0 Å². The van der Waals surface area contributed by atoms with Crippen LogP contribution in [0.5, 0.6) is 0 Å². The molecule has 1 aromatic carbocycles. The molecule has 0 radical (unpaired) electrons. The van der Waals surface area contributed by atoms with E-state index >= 15 is 0 Å². The second-order valence-electron chi connectivity index (χ2n) is 4.43. The lowest BCUT2D eigenvalue weighted by atomic mass is 9.83. The Hall–Kier alpha value is -0.780. The second-order valence-corrected chi connectivity index (χ2v) is 4.83. The largest absolute Gasteiger partial charge is 0.325 e. The molecule has 0 aliphatic carbocycles. The van der Waals surface area contributed by atoms with Crippen molar-refractivity contribution in [2.45, 2.75) is 33.1 Å². The molecule has 0 aliphatic heterocycles. The number of quaternary nitrogens is 1. The number of hydrogen-bond acceptors (Lipinski definition) is 0. The van der Waals surface area contributed by atoms with E-state index in [9.17, 15) is 0 Å². The van der Waals surface area contributed by atoms with Gasteiger partial charge < -0.3 is 5.73 Å². The van der Waals surface area contributed by atoms with E-state index in [4.69, 9.17) is 0 Å². The molecular weight excluding hydrogens is 250 g/mol. The van der Waals surface area contributed by atoms with Crippen LogP contribution in [-0.4, -0.2) is 0 Å². The van der Waals surface area contributed by atoms with Gasteiger partial charge in [-0.25, -0.2) is 0 Å². The molecule has 0 aromatic heterocycles. The molecular formula is C13H17BrN+. The summed E-state index contributed by atoms with van der Waals surface area (Å²) in [7, 11) is 0. The zero-order valence-corrected chi connectivity index (χ0v) is 11.3. The molecule has 80 valence electrons. The van der Waals surface area contributed by atoms with Gasteiger partial charge in [-0.1, -0.05) is 5.92 Å². The van der Waals surface area contributed by atoms with Crippen molar-refractivity contribution in [3.8, 4) is 10.8 Å². The normalized spacial score (nSPS) is 10.8. The molecule has 0 atom stereocenters. The Morgan fingerprint density at radius 1 is 1.20 bits per heavy atom. The van der Waals surface area contributed by atoms with Crippen molar-refractivity contribution < 1.29 is 5.73 Å². The van der Waals surface area contributed by atoms with Crippen LogP contribution >= 0.6 is 15.9 Å². The van der Waals surface area contributed by atoms with Gasteiger partial charge in [0, 0.05) is 27.1 Å². The van der Waals surface area contributed by atoms with Crippen molar-refractivity contribution >= 4 is 21.6 Å². The Kier molecular flexibility index (Phi) is 3.59. The summed E-state index contributed by atoms with van der Waals surface area (Å²) in [5.74, 6) is 3.16. The zero-order chi connectivity index (χ0) is 11.6. The van der Waals surface area contributed by atoms with Crippen molar-refractivity contribution in [1.82, 2.24) is 0 Å². The third-order valence-corrected chi connectivity index (χ3v) is 2.98. The summed E-state index contributed by atoms with van der Waals surface area (Å²) < 4.78 is 0. The first-order valence-corrected chi connectivity index (χ1v) is 5.74. The lowest BCUT2D eigenvalue weighted by Gasteiger charge is -2.19. The minimum absolute atomic E-state index is 0.118. The fourth-order valence-electron chi connectivity index (χ4n) is 1.54. The molecule has 0 saturated carbocycles. The minimum atomic E-state index is -0.118. The third kappa shape index (κ3) is 2.62. The molecule has 3 N–H and O–H groups in total. The fourth-order valence-corrected chi connectivity index (χ4v) is 2.04. The standard InChI is InChI=1S/C13H16BrN/c1-9-7-11(8-10(2)12(9)15)13(3,4)5-6-14/h7-8H,15H2,1-4H3/p+1. The average molecular weight is 267 g/mol. The molecule has 0 saturated heterocycles. The summed E-state index contributed by atoms with van der Waals surface area (Å²) in [6, 6.07) is 4.35. The highest BCUT2D eigenvalue weighted by molar-refractivity contribution is 9.12. The summed E-state index contributed by atoms with van der Waals surface area (Å²) in [5, 5.41) is 0. The van der Waals surface area contributed by atoms with Gasteiger partial charge >= 0.3 is 0 Å². The maximum atomic E-state index is 4.04. The first-order valence-electron chi connectivity index (χ1n) is 4.95. The van der Waals surface area contributed by atoms with Crippen LogP contribution in [0.25, 0.3) is 0 Å². The van der Waals surface area contributed by atoms with E-state index in [0.717, 1.165) is 5.69 Å². The van der Waals surface area contributed by atoms with Crippen LogP contribution in [0.2, 0.25) is 0 Å². The number of benzene rings is 1. The Morgan fingerprint density at radius 3 is 2.07 bits per heavy atom. The molecule has 0 amide bonds. The van der Waals surface area contributed by atoms with E-state index in [1.165, 1.54) is 16.7 Å². The zero-order valence-electron chi connectivity index (χ0n) is 9.74. The van der Waals surface area contributed by atoms with Gasteiger partial charge in [-0.15, -0.1) is 0 Å². The predicted octanol–water partition coefficient (Wildman–Crippen LogP) is 2.81. The molecule has 1 aromatic rings. The van der Waals surface area contributed by atoms with Gasteiger partial charge in [-0.3, -0.25) is 0 Å². The van der Waals surface area contributed by atoms with Crippen molar-refractivity contribution in [2.24, 2.45) is 0 Å². The highest BCUT2D eigenvalue weighted by Crippen LogP contribution is 2.27. The molecule has 0 aliphatic rings. The van der Waals surface area contributed by atoms with Crippen LogP contribution in [0.4, 0.5) is 5.69 Å². The van der Waals surface area contributed by atoms with Crippen molar-refractivity contribution in [3.05, 3.63) is 28.8 Å². The third-order valence-electron chi connectivity index (χ3n) is 2.78. The van der Waals surface area contributed by atoms with Crippen LogP contribution in [0, 0.1) is 24.6 Å². The van der Waals surface area contributed by atoms with Crippen LogP contribution in [0.1, 0.15) is 30.5 Å². The highest BCUT2D eigenvalue weighted by Gasteiger charge is 2.19. The quantitative estimate of drug-likeness (QED) is 0.758. The number of aryl methyl sites for hydroxylation is 2. The van der Waals surface area contributed by atoms with E-state index < -0.39 is 0 Å². The first kappa shape index (κ1) is 12.3. The van der Waals surface area contributed by atoms with Crippen molar-refractivity contribution in [3.63, 3.8) is 0 Å². The Morgan fingerprint density at radius 2 is 1.67 bits per heavy atom. The van der Waals surface area contributed by atoms with Crippen molar-refractivity contribution in [2.75, 3.05) is 0 Å². The Bertz CT molecular complexity index is 413. The average Bonchev–Trinajstić information content (AvgIpc) is 2.13. The van der Waals surface area contributed by atoms with E-state index in [1.54, 1.807) is 0 Å². The van der Waals surface area contributed by atoms with E-state index in [1.807, 2.05) is 0 Å². The summed E-state index contributed by atoms with van der Waals surface area (Å²) in [6.07, 6.45) is 0. The maximum Gasteiger partial charge on any atom is 0.133 e. The summed E-state index contributed by atoms with van der Waals surface area (Å²) >= 11 is 3.16. The molecule has 2 heteroatoms. The summed E-state index contributed by atoms with van der Waals surface area (Å²) in [6.45, 7) is 8.43. The van der Waals surface area contributed by atoms with Crippen LogP contribution in [0.15, 0.2) is 12.1 Å². The summed E-state index contributed by atoms with van der Waals surface area (Å²) in [5.41, 5.74) is 8.76. The van der Waals surface area contributed by atoms with Crippen LogP contribution < -0.4 is 5.73 Å². The van der Waals surface area contributed by atoms with E-state index in [2.05, 4.69) is 72.2 Å². The lowest BCUT2D eigenvalue weighted by molar-refractivity contribution is -0.256. The van der Waals surface area contributed by atoms with Crippen LogP contribution in [0.3, 0.4) is 0 Å². The Labute approximate surface area is 100 Å². The minimum Gasteiger partial charge on any atom is -0.325 e. The molecule has 15 heavy (non-hydrogen) atoms. The topological polar surface area (TPSA) is 27.6 Å². The first-order chi connectivity index (χ1) is 6.88. The fraction of sp³-hybridized carbons (Fsp3) is 0.385. The summed E-state index contributed by atoms with van der Waals surface area (Å²) in [4.78, 5) is 2.81. The molecule has 1 rings (SSSR count). The molecule has 0 unspecified atom stereocenters. The van der Waals surface area contributed by atoms with Crippen molar-refractivity contribution in [1.29, 1.82) is 0 Å². The SMILES string of the molecule is Cc1cc(C(C)(C)C#CBr)cc(C)c1[NH3+]. The van der Waals surface area contributed by atoms with Gasteiger partial charge in [-0.05, 0) is 50.2 Å². The maximum absolute atomic E-state index is 4.04. The van der Waals surface area contributed by atoms with Gasteiger partial charge in [0.2, 0.25) is 0 Å². The lowest BCUT2D eigenvalue weighted by Crippen LogP contribution is -2.42. The smallest absolute Gasteiger partial charge is 0.133 e. The van der Waals surface area contributed by atoms with Gasteiger partial charge in [0.1, 0.15) is 5.69 Å². The van der Waals surface area contributed by atoms with Gasteiger partial charge in [-0.2, -0.15) is 0 Å². The van der Waals surface area contributed by atoms with Gasteiger partial charge in [0.05, 0.1) is 5.41 Å². The molecule has 0 heterocycles. The van der Waals surface area contributed by atoms with Gasteiger partial charge in [0.15, 0.2) is 0 Å². The monoisotopic (exact) mass is 266 g/mol. The second kappa shape index (κ2) is 4.38. The molecule has 0 bridgehead atoms. The molecule has 0 spiro atoms. The van der Waals surface area contributed by atoms with Gasteiger partial charge in [0.25, 0.3) is 0 Å². The van der Waals surface area contributed by atoms with Crippen LogP contribution in [-0.2, 0) is 5.41 Å². The number of halogens is 1. The number of rotatable bonds is 1. The Balaban J connectivity index is 3.32. The molecule has 1 nitrogen and oxygen atoms in total.